The molecule has 0 aliphatic carbocycles. The van der Waals surface area contributed by atoms with E-state index < -0.39 is 0 Å². The molecule has 1 aromatic rings. The van der Waals surface area contributed by atoms with Gasteiger partial charge in [-0.05, 0) is 0 Å². The fourth-order valence-corrected chi connectivity index (χ4v) is 0.618. The molecule has 0 fully saturated rings. The Morgan fingerprint density at radius 2 is 1.73 bits per heavy atom. The molecule has 0 saturated carbocycles. The Kier molecular flexibility index (Phi) is 4.95. The molecule has 11 heavy (non-hydrogen) atoms. The van der Waals surface area contributed by atoms with Crippen LogP contribution >= 0.6 is 9.12 Å². The van der Waals surface area contributed by atoms with E-state index in [-0.39, 0.29) is 5.84 Å². The van der Waals surface area contributed by atoms with Crippen molar-refractivity contribution in [2.75, 3.05) is 0 Å². The molecule has 1 aromatic carbocycles. The minimum absolute atomic E-state index is 0.121. The van der Waals surface area contributed by atoms with E-state index in [0.717, 1.165) is 5.56 Å². The summed E-state index contributed by atoms with van der Waals surface area (Å²) in [7, 11) is 1.17. The predicted octanol–water partition coefficient (Wildman–Crippen LogP) is 1.18. The first-order valence-electron chi connectivity index (χ1n) is 2.94. The van der Waals surface area contributed by atoms with Crippen LogP contribution < -0.4 is 5.73 Å². The summed E-state index contributed by atoms with van der Waals surface area (Å²) in [5, 5.41) is 7.01. The van der Waals surface area contributed by atoms with Crippen LogP contribution in [-0.2, 0) is 4.57 Å². The fourth-order valence-electron chi connectivity index (χ4n) is 0.618. The quantitative estimate of drug-likeness (QED) is 0.376. The van der Waals surface area contributed by atoms with Gasteiger partial charge >= 0.3 is 9.12 Å². The van der Waals surface area contributed by atoms with E-state index in [4.69, 9.17) is 15.7 Å². The number of amidine groups is 1. The maximum absolute atomic E-state index is 8.17. The second kappa shape index (κ2) is 5.57. The average Bonchev–Trinajstić information content (AvgIpc) is 2.10. The van der Waals surface area contributed by atoms with Gasteiger partial charge in [0, 0.05) is 5.56 Å². The van der Waals surface area contributed by atoms with E-state index in [2.05, 4.69) is 0 Å². The highest BCUT2D eigenvalue weighted by atomic mass is 31.0. The standard InChI is InChI=1S/C7H8N2.H2OP/c8-7(9)6-4-2-1-3-5-6;1-2/h1-5H,(H3,8,9);2H2/q;+1. The summed E-state index contributed by atoms with van der Waals surface area (Å²) in [6.45, 7) is 0. The summed E-state index contributed by atoms with van der Waals surface area (Å²) < 4.78 is 8.17. The monoisotopic (exact) mass is 169 g/mol. The summed E-state index contributed by atoms with van der Waals surface area (Å²) >= 11 is 0. The van der Waals surface area contributed by atoms with Gasteiger partial charge < -0.3 is 5.73 Å². The smallest absolute Gasteiger partial charge is 0.310 e. The Morgan fingerprint density at radius 3 is 2.00 bits per heavy atom. The molecule has 0 heterocycles. The molecular weight excluding hydrogens is 159 g/mol. The van der Waals surface area contributed by atoms with Gasteiger partial charge in [0.15, 0.2) is 0 Å². The molecule has 0 radical (unpaired) electrons. The van der Waals surface area contributed by atoms with Crippen LogP contribution in [0.1, 0.15) is 5.56 Å². The van der Waals surface area contributed by atoms with Crippen LogP contribution in [0.3, 0.4) is 0 Å². The van der Waals surface area contributed by atoms with Gasteiger partial charge in [-0.2, -0.15) is 0 Å². The molecule has 0 aliphatic rings. The Balaban J connectivity index is 0.000000461. The largest absolute Gasteiger partial charge is 0.384 e. The highest BCUT2D eigenvalue weighted by Crippen LogP contribution is 1.94. The first kappa shape index (κ1) is 9.79. The summed E-state index contributed by atoms with van der Waals surface area (Å²) in [6.07, 6.45) is 0. The Hall–Kier alpha value is -1.21. The molecule has 1 rings (SSSR count). The minimum Gasteiger partial charge on any atom is -0.384 e. The first-order chi connectivity index (χ1) is 5.30. The zero-order chi connectivity index (χ0) is 8.69. The van der Waals surface area contributed by atoms with Gasteiger partial charge in [0.25, 0.3) is 0 Å². The van der Waals surface area contributed by atoms with Gasteiger partial charge in [0.05, 0.1) is 0 Å². The zero-order valence-electron chi connectivity index (χ0n) is 5.95. The normalized spacial score (nSPS) is 7.64. The average molecular weight is 169 g/mol. The van der Waals surface area contributed by atoms with Crippen molar-refractivity contribution in [2.45, 2.75) is 0 Å². The van der Waals surface area contributed by atoms with Crippen molar-refractivity contribution in [3.05, 3.63) is 35.9 Å². The Morgan fingerprint density at radius 1 is 1.27 bits per heavy atom. The lowest BCUT2D eigenvalue weighted by atomic mass is 10.2. The third-order valence-corrected chi connectivity index (χ3v) is 1.08. The topological polar surface area (TPSA) is 66.9 Å². The molecule has 0 aromatic heterocycles. The van der Waals surface area contributed by atoms with Crippen LogP contribution in [0.2, 0.25) is 0 Å². The van der Waals surface area contributed by atoms with Crippen molar-refractivity contribution in [3.63, 3.8) is 0 Å². The molecule has 0 amide bonds. The van der Waals surface area contributed by atoms with Crippen molar-refractivity contribution in [1.82, 2.24) is 0 Å². The molecule has 3 nitrogen and oxygen atoms in total. The maximum atomic E-state index is 8.17. The van der Waals surface area contributed by atoms with Gasteiger partial charge in [-0.25, -0.2) is 0 Å². The third kappa shape index (κ3) is 3.48. The van der Waals surface area contributed by atoms with E-state index in [1.54, 1.807) is 0 Å². The van der Waals surface area contributed by atoms with Crippen LogP contribution in [0.5, 0.6) is 0 Å². The van der Waals surface area contributed by atoms with E-state index in [1.807, 2.05) is 30.3 Å². The molecule has 0 spiro atoms. The number of hydrogen-bond donors (Lipinski definition) is 2. The van der Waals surface area contributed by atoms with Gasteiger partial charge in [0.1, 0.15) is 5.84 Å². The molecule has 0 bridgehead atoms. The van der Waals surface area contributed by atoms with Crippen LogP contribution in [0, 0.1) is 5.41 Å². The van der Waals surface area contributed by atoms with Crippen molar-refractivity contribution in [1.29, 1.82) is 5.41 Å². The van der Waals surface area contributed by atoms with Gasteiger partial charge in [0.2, 0.25) is 0 Å². The van der Waals surface area contributed by atoms with E-state index in [0.29, 0.717) is 0 Å². The predicted molar refractivity (Wildman–Crippen MR) is 47.9 cm³/mol. The highest BCUT2D eigenvalue weighted by Gasteiger charge is 1.89. The SMILES string of the molecule is N=C(N)c1ccccc1.O=[PH2+]. The fraction of sp³-hybridized carbons (Fsp3) is 0. The second-order valence-electron chi connectivity index (χ2n) is 1.78. The molecule has 4 heteroatoms. The van der Waals surface area contributed by atoms with Gasteiger partial charge in [-0.3, -0.25) is 5.41 Å². The Bertz CT molecular complexity index is 225. The number of nitrogens with one attached hydrogen (secondary N) is 1. The number of nitrogen functional groups attached to an aromatic ring is 1. The minimum atomic E-state index is 0.121. The third-order valence-electron chi connectivity index (χ3n) is 1.08. The Labute approximate surface area is 67.4 Å². The van der Waals surface area contributed by atoms with E-state index >= 15 is 0 Å². The molecular formula is C7H10N2OP+. The van der Waals surface area contributed by atoms with Crippen LogP contribution in [0.25, 0.3) is 0 Å². The first-order valence-corrected chi connectivity index (χ1v) is 3.41. The van der Waals surface area contributed by atoms with E-state index in [1.165, 1.54) is 9.12 Å². The molecule has 1 unspecified atom stereocenters. The number of nitrogens with two attached hydrogens (primary N) is 1. The highest BCUT2D eigenvalue weighted by molar-refractivity contribution is 7.00. The zero-order valence-corrected chi connectivity index (χ0v) is 7.10. The van der Waals surface area contributed by atoms with Crippen LogP contribution in [0.4, 0.5) is 0 Å². The van der Waals surface area contributed by atoms with Gasteiger partial charge in [-0.15, -0.1) is 0 Å². The van der Waals surface area contributed by atoms with Crippen molar-refractivity contribution in [3.8, 4) is 0 Å². The molecule has 3 N–H and O–H groups in total. The van der Waals surface area contributed by atoms with Gasteiger partial charge in [-0.1, -0.05) is 34.9 Å². The lowest BCUT2D eigenvalue weighted by molar-refractivity contribution is 0.607. The molecule has 0 aliphatic heterocycles. The molecule has 58 valence electrons. The van der Waals surface area contributed by atoms with Crippen molar-refractivity contribution < 1.29 is 4.57 Å². The second-order valence-corrected chi connectivity index (χ2v) is 1.78. The molecule has 1 atom stereocenters. The maximum Gasteiger partial charge on any atom is 0.310 e. The number of benzene rings is 1. The van der Waals surface area contributed by atoms with E-state index in [9.17, 15) is 0 Å². The van der Waals surface area contributed by atoms with Crippen LogP contribution in [-0.4, -0.2) is 5.84 Å². The lowest BCUT2D eigenvalue weighted by Crippen LogP contribution is -2.10. The summed E-state index contributed by atoms with van der Waals surface area (Å²) in [6, 6.07) is 9.23. The van der Waals surface area contributed by atoms with Crippen LogP contribution in [0.15, 0.2) is 30.3 Å². The lowest BCUT2D eigenvalue weighted by Gasteiger charge is -1.93. The number of rotatable bonds is 1. The van der Waals surface area contributed by atoms with Crippen molar-refractivity contribution >= 4 is 15.0 Å². The summed E-state index contributed by atoms with van der Waals surface area (Å²) in [5.74, 6) is 0.121. The summed E-state index contributed by atoms with van der Waals surface area (Å²) in [5.41, 5.74) is 5.97. The van der Waals surface area contributed by atoms with Crippen molar-refractivity contribution in [2.24, 2.45) is 5.73 Å². The summed E-state index contributed by atoms with van der Waals surface area (Å²) in [4.78, 5) is 0. The molecule has 0 saturated heterocycles. The number of hydrogen-bond acceptors (Lipinski definition) is 2.